The van der Waals surface area contributed by atoms with Crippen molar-refractivity contribution in [1.29, 1.82) is 5.26 Å². The Balaban J connectivity index is 1.89. The number of carbonyl (C=O) groups excluding carboxylic acids is 1. The van der Waals surface area contributed by atoms with Gasteiger partial charge in [-0.3, -0.25) is 0 Å². The van der Waals surface area contributed by atoms with Crippen molar-refractivity contribution in [2.24, 2.45) is 0 Å². The van der Waals surface area contributed by atoms with Crippen LogP contribution in [-0.2, 0) is 11.3 Å². The number of urea groups is 1. The zero-order chi connectivity index (χ0) is 14.6. The van der Waals surface area contributed by atoms with Gasteiger partial charge in [-0.1, -0.05) is 12.1 Å². The monoisotopic (exact) mass is 273 g/mol. The highest BCUT2D eigenvalue weighted by atomic mass is 16.4. The van der Waals surface area contributed by atoms with E-state index in [-0.39, 0.29) is 6.54 Å². The van der Waals surface area contributed by atoms with Gasteiger partial charge >= 0.3 is 12.0 Å². The molecule has 6 nitrogen and oxygen atoms in total. The van der Waals surface area contributed by atoms with Crippen LogP contribution in [0.5, 0.6) is 0 Å². The molecule has 3 N–H and O–H groups in total. The van der Waals surface area contributed by atoms with E-state index in [4.69, 9.17) is 10.4 Å². The summed E-state index contributed by atoms with van der Waals surface area (Å²) in [5.74, 6) is -0.995. The largest absolute Gasteiger partial charge is 0.480 e. The molecule has 1 aromatic carbocycles. The molecule has 2 rings (SSSR count). The van der Waals surface area contributed by atoms with E-state index in [9.17, 15) is 9.59 Å². The fraction of sp³-hybridized carbons (Fsp3) is 0.357. The van der Waals surface area contributed by atoms with Crippen LogP contribution >= 0.6 is 0 Å². The number of benzene rings is 1. The number of carboxylic acid groups (broad SMARTS) is 1. The number of aliphatic carboxylic acids is 1. The molecule has 1 fully saturated rings. The Hall–Kier alpha value is -2.55. The SMILES string of the molecule is N#Cc1cccc(CNC(=O)NC2(C(=O)O)CCC2)c1. The number of amides is 2. The maximum Gasteiger partial charge on any atom is 0.329 e. The Bertz CT molecular complexity index is 573. The molecule has 0 aliphatic heterocycles. The highest BCUT2D eigenvalue weighted by Crippen LogP contribution is 2.31. The van der Waals surface area contributed by atoms with Gasteiger partial charge in [0.25, 0.3) is 0 Å². The zero-order valence-electron chi connectivity index (χ0n) is 10.8. The summed E-state index contributed by atoms with van der Waals surface area (Å²) >= 11 is 0. The van der Waals surface area contributed by atoms with Crippen molar-refractivity contribution in [2.75, 3.05) is 0 Å². The van der Waals surface area contributed by atoms with Gasteiger partial charge in [0, 0.05) is 6.54 Å². The average Bonchev–Trinajstić information content (AvgIpc) is 2.40. The first kappa shape index (κ1) is 13.9. The van der Waals surface area contributed by atoms with Crippen LogP contribution < -0.4 is 10.6 Å². The van der Waals surface area contributed by atoms with Gasteiger partial charge in [0.15, 0.2) is 0 Å². The van der Waals surface area contributed by atoms with E-state index in [1.807, 2.05) is 6.07 Å². The van der Waals surface area contributed by atoms with Crippen molar-refractivity contribution in [3.05, 3.63) is 35.4 Å². The summed E-state index contributed by atoms with van der Waals surface area (Å²) < 4.78 is 0. The van der Waals surface area contributed by atoms with Crippen LogP contribution in [0.25, 0.3) is 0 Å². The smallest absolute Gasteiger partial charge is 0.329 e. The summed E-state index contributed by atoms with van der Waals surface area (Å²) in [5, 5.41) is 23.0. The van der Waals surface area contributed by atoms with Crippen molar-refractivity contribution >= 4 is 12.0 Å². The van der Waals surface area contributed by atoms with Crippen molar-refractivity contribution < 1.29 is 14.7 Å². The summed E-state index contributed by atoms with van der Waals surface area (Å²) in [6.45, 7) is 0.247. The van der Waals surface area contributed by atoms with Gasteiger partial charge in [0.2, 0.25) is 0 Å². The Morgan fingerprint density at radius 3 is 2.70 bits per heavy atom. The first-order chi connectivity index (χ1) is 9.55. The summed E-state index contributed by atoms with van der Waals surface area (Å²) in [7, 11) is 0. The number of hydrogen-bond donors (Lipinski definition) is 3. The molecular formula is C14H15N3O3. The van der Waals surface area contributed by atoms with Crippen LogP contribution in [0.1, 0.15) is 30.4 Å². The zero-order valence-corrected chi connectivity index (χ0v) is 10.8. The molecule has 1 saturated carbocycles. The van der Waals surface area contributed by atoms with E-state index < -0.39 is 17.5 Å². The molecule has 2 amide bonds. The molecule has 0 atom stereocenters. The Kier molecular flexibility index (Phi) is 3.89. The van der Waals surface area contributed by atoms with Gasteiger partial charge in [-0.2, -0.15) is 5.26 Å². The molecule has 1 aliphatic rings. The average molecular weight is 273 g/mol. The first-order valence-corrected chi connectivity index (χ1v) is 6.34. The van der Waals surface area contributed by atoms with E-state index in [1.165, 1.54) is 0 Å². The molecule has 0 unspecified atom stereocenters. The predicted octanol–water partition coefficient (Wildman–Crippen LogP) is 1.36. The third kappa shape index (κ3) is 2.88. The minimum atomic E-state index is -1.11. The topological polar surface area (TPSA) is 102 Å². The molecule has 104 valence electrons. The summed E-state index contributed by atoms with van der Waals surface area (Å²) in [5.41, 5.74) is 0.196. The molecule has 6 heteroatoms. The third-order valence-corrected chi connectivity index (χ3v) is 3.48. The minimum Gasteiger partial charge on any atom is -0.480 e. The second-order valence-electron chi connectivity index (χ2n) is 4.86. The number of nitrogens with one attached hydrogen (secondary N) is 2. The standard InChI is InChI=1S/C14H15N3O3/c15-8-10-3-1-4-11(7-10)9-16-13(20)17-14(12(18)19)5-2-6-14/h1,3-4,7H,2,5-6,9H2,(H,18,19)(H2,16,17,20). The predicted molar refractivity (Wildman–Crippen MR) is 70.7 cm³/mol. The second kappa shape index (κ2) is 5.61. The van der Waals surface area contributed by atoms with E-state index >= 15 is 0 Å². The van der Waals surface area contributed by atoms with Crippen molar-refractivity contribution in [3.8, 4) is 6.07 Å². The maximum absolute atomic E-state index is 11.7. The summed E-state index contributed by atoms with van der Waals surface area (Å²) in [6, 6.07) is 8.39. The minimum absolute atomic E-state index is 0.247. The second-order valence-corrected chi connectivity index (χ2v) is 4.86. The number of carboxylic acids is 1. The van der Waals surface area contributed by atoms with Crippen molar-refractivity contribution in [1.82, 2.24) is 10.6 Å². The maximum atomic E-state index is 11.7. The fourth-order valence-electron chi connectivity index (χ4n) is 2.12. The van der Waals surface area contributed by atoms with E-state index in [1.54, 1.807) is 24.3 Å². The highest BCUT2D eigenvalue weighted by molar-refractivity contribution is 5.87. The number of hydrogen-bond acceptors (Lipinski definition) is 3. The van der Waals surface area contributed by atoms with E-state index in [0.717, 1.165) is 12.0 Å². The van der Waals surface area contributed by atoms with E-state index in [0.29, 0.717) is 18.4 Å². The lowest BCUT2D eigenvalue weighted by Gasteiger charge is -2.38. The van der Waals surface area contributed by atoms with Crippen LogP contribution in [-0.4, -0.2) is 22.6 Å². The molecule has 1 aliphatic carbocycles. The summed E-state index contributed by atoms with van der Waals surface area (Å²) in [4.78, 5) is 22.9. The number of rotatable bonds is 4. The van der Waals surface area contributed by atoms with Crippen molar-refractivity contribution in [3.63, 3.8) is 0 Å². The first-order valence-electron chi connectivity index (χ1n) is 6.34. The van der Waals surface area contributed by atoms with Crippen LogP contribution in [0.2, 0.25) is 0 Å². The van der Waals surface area contributed by atoms with Gasteiger partial charge in [0.1, 0.15) is 5.54 Å². The molecule has 0 spiro atoms. The molecule has 0 aromatic heterocycles. The normalized spacial score (nSPS) is 15.6. The van der Waals surface area contributed by atoms with Gasteiger partial charge in [0.05, 0.1) is 11.6 Å². The molecule has 0 bridgehead atoms. The highest BCUT2D eigenvalue weighted by Gasteiger charge is 2.45. The molecular weight excluding hydrogens is 258 g/mol. The van der Waals surface area contributed by atoms with Gasteiger partial charge in [-0.25, -0.2) is 9.59 Å². The van der Waals surface area contributed by atoms with Gasteiger partial charge in [-0.15, -0.1) is 0 Å². The van der Waals surface area contributed by atoms with Crippen LogP contribution in [0.3, 0.4) is 0 Å². The molecule has 0 radical (unpaired) electrons. The van der Waals surface area contributed by atoms with Crippen LogP contribution in [0.15, 0.2) is 24.3 Å². The van der Waals surface area contributed by atoms with Crippen LogP contribution in [0.4, 0.5) is 4.79 Å². The van der Waals surface area contributed by atoms with Gasteiger partial charge in [-0.05, 0) is 37.0 Å². The Morgan fingerprint density at radius 2 is 2.15 bits per heavy atom. The lowest BCUT2D eigenvalue weighted by atomic mass is 9.77. The molecule has 1 aromatic rings. The molecule has 20 heavy (non-hydrogen) atoms. The molecule has 0 heterocycles. The quantitative estimate of drug-likeness (QED) is 0.770. The van der Waals surface area contributed by atoms with Gasteiger partial charge < -0.3 is 15.7 Å². The summed E-state index contributed by atoms with van der Waals surface area (Å²) in [6.07, 6.45) is 1.72. The number of nitrogens with zero attached hydrogens (tertiary/aromatic N) is 1. The number of nitriles is 1. The van der Waals surface area contributed by atoms with E-state index in [2.05, 4.69) is 10.6 Å². The lowest BCUT2D eigenvalue weighted by Crippen LogP contribution is -2.61. The Labute approximate surface area is 116 Å². The van der Waals surface area contributed by atoms with Crippen LogP contribution in [0, 0.1) is 11.3 Å². The number of carbonyl (C=O) groups is 2. The third-order valence-electron chi connectivity index (χ3n) is 3.48. The van der Waals surface area contributed by atoms with Crippen molar-refractivity contribution in [2.45, 2.75) is 31.3 Å². The lowest BCUT2D eigenvalue weighted by molar-refractivity contribution is -0.148. The molecule has 0 saturated heterocycles. The fourth-order valence-corrected chi connectivity index (χ4v) is 2.12. The Morgan fingerprint density at radius 1 is 1.40 bits per heavy atom.